The van der Waals surface area contributed by atoms with Crippen LogP contribution in [0.15, 0.2) is 12.4 Å². The van der Waals surface area contributed by atoms with Gasteiger partial charge in [-0.3, -0.25) is 0 Å². The van der Waals surface area contributed by atoms with Crippen molar-refractivity contribution in [2.45, 2.75) is 26.8 Å². The molecule has 0 saturated heterocycles. The summed E-state index contributed by atoms with van der Waals surface area (Å²) in [5.41, 5.74) is 5.55. The van der Waals surface area contributed by atoms with Crippen LogP contribution in [0.2, 0.25) is 0 Å². The molecular formula is C9H17N3. The average Bonchev–Trinajstić information content (AvgIpc) is 2.51. The van der Waals surface area contributed by atoms with Gasteiger partial charge >= 0.3 is 0 Å². The predicted molar refractivity (Wildman–Crippen MR) is 49.8 cm³/mol. The highest BCUT2D eigenvalue weighted by Crippen LogP contribution is 2.03. The van der Waals surface area contributed by atoms with Gasteiger partial charge in [0.15, 0.2) is 0 Å². The van der Waals surface area contributed by atoms with E-state index in [2.05, 4.69) is 23.4 Å². The fourth-order valence-electron chi connectivity index (χ4n) is 1.23. The van der Waals surface area contributed by atoms with Crippen molar-refractivity contribution in [3.05, 3.63) is 18.2 Å². The zero-order chi connectivity index (χ0) is 8.97. The van der Waals surface area contributed by atoms with Crippen LogP contribution in [0.1, 0.15) is 19.7 Å². The van der Waals surface area contributed by atoms with Crippen molar-refractivity contribution < 1.29 is 0 Å². The number of imidazole rings is 1. The van der Waals surface area contributed by atoms with E-state index in [-0.39, 0.29) is 0 Å². The summed E-state index contributed by atoms with van der Waals surface area (Å²) < 4.78 is 2.18. The van der Waals surface area contributed by atoms with Gasteiger partial charge in [-0.25, -0.2) is 4.98 Å². The Morgan fingerprint density at radius 2 is 2.42 bits per heavy atom. The van der Waals surface area contributed by atoms with Gasteiger partial charge in [-0.1, -0.05) is 13.8 Å². The number of rotatable bonds is 4. The van der Waals surface area contributed by atoms with Crippen molar-refractivity contribution in [2.24, 2.45) is 11.7 Å². The predicted octanol–water partition coefficient (Wildman–Crippen LogP) is 1.04. The number of nitrogens with two attached hydrogens (primary N) is 1. The minimum absolute atomic E-state index is 0.532. The highest BCUT2D eigenvalue weighted by atomic mass is 15.1. The van der Waals surface area contributed by atoms with Crippen LogP contribution in [0.4, 0.5) is 0 Å². The molecule has 1 aromatic heterocycles. The molecule has 0 aliphatic rings. The summed E-state index contributed by atoms with van der Waals surface area (Å²) in [6.45, 7) is 5.99. The van der Waals surface area contributed by atoms with Crippen molar-refractivity contribution in [2.75, 3.05) is 6.54 Å². The molecule has 0 saturated carbocycles. The summed E-state index contributed by atoms with van der Waals surface area (Å²) >= 11 is 0. The molecule has 0 aliphatic carbocycles. The number of hydrogen-bond acceptors (Lipinski definition) is 2. The highest BCUT2D eigenvalue weighted by Gasteiger charge is 2.03. The van der Waals surface area contributed by atoms with E-state index in [9.17, 15) is 0 Å². The smallest absolute Gasteiger partial charge is 0.108 e. The second-order valence-corrected chi connectivity index (χ2v) is 3.19. The van der Waals surface area contributed by atoms with Gasteiger partial charge in [0, 0.05) is 25.4 Å². The average molecular weight is 167 g/mol. The molecule has 68 valence electrons. The fraction of sp³-hybridized carbons (Fsp3) is 0.667. The molecule has 0 fully saturated rings. The van der Waals surface area contributed by atoms with Crippen LogP contribution in [0.5, 0.6) is 0 Å². The van der Waals surface area contributed by atoms with Gasteiger partial charge in [0.25, 0.3) is 0 Å². The summed E-state index contributed by atoms with van der Waals surface area (Å²) in [6.07, 6.45) is 4.86. The van der Waals surface area contributed by atoms with E-state index in [4.69, 9.17) is 5.73 Å². The van der Waals surface area contributed by atoms with Crippen LogP contribution in [-0.4, -0.2) is 16.1 Å². The Labute approximate surface area is 73.6 Å². The Bertz CT molecular complexity index is 229. The SMILES string of the molecule is CCc1nccn1CC(C)CN. The Balaban J connectivity index is 2.61. The number of nitrogens with zero attached hydrogens (tertiary/aromatic N) is 2. The molecule has 0 radical (unpaired) electrons. The molecule has 0 spiro atoms. The first-order valence-electron chi connectivity index (χ1n) is 4.48. The largest absolute Gasteiger partial charge is 0.335 e. The van der Waals surface area contributed by atoms with Gasteiger partial charge in [0.2, 0.25) is 0 Å². The standard InChI is InChI=1S/C9H17N3/c1-3-9-11-4-5-12(9)7-8(2)6-10/h4-5,8H,3,6-7,10H2,1-2H3. The van der Waals surface area contributed by atoms with E-state index < -0.39 is 0 Å². The first kappa shape index (κ1) is 9.26. The van der Waals surface area contributed by atoms with Crippen LogP contribution < -0.4 is 5.73 Å². The molecule has 0 aromatic carbocycles. The van der Waals surface area contributed by atoms with Crippen LogP contribution in [0.3, 0.4) is 0 Å². The molecule has 3 nitrogen and oxygen atoms in total. The van der Waals surface area contributed by atoms with Crippen LogP contribution in [0, 0.1) is 5.92 Å². The Kier molecular flexibility index (Phi) is 3.29. The van der Waals surface area contributed by atoms with Gasteiger partial charge in [0.05, 0.1) is 0 Å². The summed E-state index contributed by atoms with van der Waals surface area (Å²) in [5, 5.41) is 0. The molecule has 12 heavy (non-hydrogen) atoms. The lowest BCUT2D eigenvalue weighted by Crippen LogP contribution is -2.17. The third kappa shape index (κ3) is 2.08. The molecule has 2 N–H and O–H groups in total. The van der Waals surface area contributed by atoms with Crippen LogP contribution in [0.25, 0.3) is 0 Å². The molecular weight excluding hydrogens is 150 g/mol. The lowest BCUT2D eigenvalue weighted by Gasteiger charge is -2.11. The number of hydrogen-bond donors (Lipinski definition) is 1. The molecule has 1 unspecified atom stereocenters. The third-order valence-corrected chi connectivity index (χ3v) is 2.03. The van der Waals surface area contributed by atoms with Gasteiger partial charge < -0.3 is 10.3 Å². The summed E-state index contributed by atoms with van der Waals surface area (Å²) in [6, 6.07) is 0. The number of aromatic nitrogens is 2. The maximum atomic E-state index is 5.55. The number of aryl methyl sites for hydroxylation is 1. The first-order chi connectivity index (χ1) is 5.77. The Morgan fingerprint density at radius 1 is 1.67 bits per heavy atom. The second kappa shape index (κ2) is 4.26. The molecule has 0 amide bonds. The topological polar surface area (TPSA) is 43.8 Å². The summed E-state index contributed by atoms with van der Waals surface area (Å²) in [4.78, 5) is 4.24. The molecule has 1 rings (SSSR count). The molecule has 1 heterocycles. The van der Waals surface area contributed by atoms with Crippen molar-refractivity contribution in [3.63, 3.8) is 0 Å². The minimum Gasteiger partial charge on any atom is -0.335 e. The van der Waals surface area contributed by atoms with Crippen molar-refractivity contribution in [1.29, 1.82) is 0 Å². The van der Waals surface area contributed by atoms with E-state index in [0.29, 0.717) is 5.92 Å². The van der Waals surface area contributed by atoms with E-state index in [1.165, 1.54) is 0 Å². The normalized spacial score (nSPS) is 13.2. The van der Waals surface area contributed by atoms with E-state index in [1.54, 1.807) is 0 Å². The van der Waals surface area contributed by atoms with Gasteiger partial charge in [0.1, 0.15) is 5.82 Å². The van der Waals surface area contributed by atoms with Gasteiger partial charge in [-0.05, 0) is 12.5 Å². The maximum Gasteiger partial charge on any atom is 0.108 e. The fourth-order valence-corrected chi connectivity index (χ4v) is 1.23. The monoisotopic (exact) mass is 167 g/mol. The zero-order valence-electron chi connectivity index (χ0n) is 7.83. The van der Waals surface area contributed by atoms with Crippen molar-refractivity contribution in [1.82, 2.24) is 9.55 Å². The quantitative estimate of drug-likeness (QED) is 0.728. The van der Waals surface area contributed by atoms with E-state index in [0.717, 1.165) is 25.3 Å². The Hall–Kier alpha value is -0.830. The molecule has 1 aromatic rings. The first-order valence-corrected chi connectivity index (χ1v) is 4.48. The van der Waals surface area contributed by atoms with Gasteiger partial charge in [-0.2, -0.15) is 0 Å². The minimum atomic E-state index is 0.532. The van der Waals surface area contributed by atoms with Crippen molar-refractivity contribution >= 4 is 0 Å². The molecule has 0 aliphatic heterocycles. The lowest BCUT2D eigenvalue weighted by atomic mass is 10.2. The highest BCUT2D eigenvalue weighted by molar-refractivity contribution is 4.91. The summed E-state index contributed by atoms with van der Waals surface area (Å²) in [7, 11) is 0. The van der Waals surface area contributed by atoms with Crippen LogP contribution >= 0.6 is 0 Å². The van der Waals surface area contributed by atoms with E-state index in [1.807, 2.05) is 12.4 Å². The summed E-state index contributed by atoms with van der Waals surface area (Å²) in [5.74, 6) is 1.68. The molecule has 0 bridgehead atoms. The Morgan fingerprint density at radius 3 is 3.00 bits per heavy atom. The lowest BCUT2D eigenvalue weighted by molar-refractivity contribution is 0.480. The molecule has 3 heteroatoms. The zero-order valence-corrected chi connectivity index (χ0v) is 7.83. The van der Waals surface area contributed by atoms with Crippen LogP contribution in [-0.2, 0) is 13.0 Å². The van der Waals surface area contributed by atoms with E-state index >= 15 is 0 Å². The van der Waals surface area contributed by atoms with Crippen molar-refractivity contribution in [3.8, 4) is 0 Å². The maximum absolute atomic E-state index is 5.55. The second-order valence-electron chi connectivity index (χ2n) is 3.19. The van der Waals surface area contributed by atoms with Gasteiger partial charge in [-0.15, -0.1) is 0 Å². The molecule has 1 atom stereocenters. The third-order valence-electron chi connectivity index (χ3n) is 2.03.